The third-order valence-electron chi connectivity index (χ3n) is 4.25. The zero-order valence-corrected chi connectivity index (χ0v) is 16.7. The molecule has 0 spiro atoms. The Morgan fingerprint density at radius 3 is 2.44 bits per heavy atom. The van der Waals surface area contributed by atoms with E-state index in [9.17, 15) is 13.2 Å². The van der Waals surface area contributed by atoms with Crippen LogP contribution in [0.1, 0.15) is 12.5 Å². The molecule has 1 aliphatic rings. The van der Waals surface area contributed by atoms with Gasteiger partial charge in [0.25, 0.3) is 10.0 Å². The molecule has 27 heavy (non-hydrogen) atoms. The number of thiophene rings is 1. The summed E-state index contributed by atoms with van der Waals surface area (Å²) in [6.45, 7) is 3.93. The van der Waals surface area contributed by atoms with E-state index in [1.807, 2.05) is 31.2 Å². The van der Waals surface area contributed by atoms with E-state index >= 15 is 0 Å². The normalized spacial score (nSPS) is 16.0. The van der Waals surface area contributed by atoms with Crippen molar-refractivity contribution in [3.63, 3.8) is 0 Å². The van der Waals surface area contributed by atoms with Crippen LogP contribution in [0.2, 0.25) is 0 Å². The van der Waals surface area contributed by atoms with Gasteiger partial charge in [0.1, 0.15) is 9.96 Å². The Morgan fingerprint density at radius 1 is 1.15 bits per heavy atom. The van der Waals surface area contributed by atoms with Crippen LogP contribution in [0, 0.1) is 0 Å². The lowest BCUT2D eigenvalue weighted by Crippen LogP contribution is -2.50. The Hall–Kier alpha value is -2.16. The second-order valence-corrected chi connectivity index (χ2v) is 9.11. The third kappa shape index (κ3) is 4.77. The Balaban J connectivity index is 1.55. The number of amides is 1. The second kappa shape index (κ2) is 8.69. The fourth-order valence-corrected chi connectivity index (χ4v) is 5.37. The predicted molar refractivity (Wildman–Crippen MR) is 106 cm³/mol. The van der Waals surface area contributed by atoms with Crippen molar-refractivity contribution in [1.82, 2.24) is 9.21 Å². The van der Waals surface area contributed by atoms with E-state index in [1.165, 1.54) is 21.7 Å². The molecule has 1 fully saturated rings. The topological polar surface area (TPSA) is 66.9 Å². The summed E-state index contributed by atoms with van der Waals surface area (Å²) in [5.74, 6) is 0.682. The molecule has 0 aliphatic carbocycles. The van der Waals surface area contributed by atoms with E-state index in [0.717, 1.165) is 11.3 Å². The van der Waals surface area contributed by atoms with E-state index in [0.29, 0.717) is 37.0 Å². The molecule has 0 radical (unpaired) electrons. The van der Waals surface area contributed by atoms with Crippen molar-refractivity contribution >= 4 is 33.3 Å². The van der Waals surface area contributed by atoms with Gasteiger partial charge in [-0.3, -0.25) is 4.79 Å². The fourth-order valence-electron chi connectivity index (χ4n) is 2.80. The van der Waals surface area contributed by atoms with Crippen LogP contribution in [0.4, 0.5) is 0 Å². The van der Waals surface area contributed by atoms with Crippen LogP contribution in [0.15, 0.2) is 52.1 Å². The van der Waals surface area contributed by atoms with Gasteiger partial charge in [0.2, 0.25) is 5.91 Å². The molecule has 1 amide bonds. The number of carbonyl (C=O) groups excluding carboxylic acids is 1. The van der Waals surface area contributed by atoms with E-state index < -0.39 is 10.0 Å². The molecule has 1 saturated heterocycles. The molecule has 6 nitrogen and oxygen atoms in total. The van der Waals surface area contributed by atoms with Crippen LogP contribution >= 0.6 is 11.3 Å². The van der Waals surface area contributed by atoms with Crippen molar-refractivity contribution in [2.75, 3.05) is 32.8 Å². The molecule has 1 aliphatic heterocycles. The average Bonchev–Trinajstić information content (AvgIpc) is 3.23. The first kappa shape index (κ1) is 19.6. The van der Waals surface area contributed by atoms with Gasteiger partial charge in [0.15, 0.2) is 0 Å². The maximum Gasteiger partial charge on any atom is 0.252 e. The summed E-state index contributed by atoms with van der Waals surface area (Å²) in [6.07, 6.45) is 3.28. The molecule has 1 aromatic heterocycles. The Labute approximate surface area is 163 Å². The first-order valence-corrected chi connectivity index (χ1v) is 11.1. The van der Waals surface area contributed by atoms with E-state index in [4.69, 9.17) is 4.74 Å². The predicted octanol–water partition coefficient (Wildman–Crippen LogP) is 2.69. The average molecular weight is 407 g/mol. The standard InChI is InChI=1S/C19H22N2O4S2/c1-2-25-17-8-5-16(6-9-17)7-10-18(22)20-11-13-21(14-12-20)27(23,24)19-4-3-15-26-19/h3-10,15H,2,11-14H2,1H3/b10-7+. The van der Waals surface area contributed by atoms with Crippen molar-refractivity contribution in [3.05, 3.63) is 53.4 Å². The quantitative estimate of drug-likeness (QED) is 0.692. The van der Waals surface area contributed by atoms with Gasteiger partial charge in [-0.2, -0.15) is 4.31 Å². The highest BCUT2D eigenvalue weighted by molar-refractivity contribution is 7.91. The number of piperazine rings is 1. The number of benzene rings is 1. The van der Waals surface area contributed by atoms with Crippen molar-refractivity contribution in [1.29, 1.82) is 0 Å². The van der Waals surface area contributed by atoms with Gasteiger partial charge in [-0.25, -0.2) is 8.42 Å². The zero-order chi connectivity index (χ0) is 19.3. The molecule has 2 aromatic rings. The van der Waals surface area contributed by atoms with Crippen LogP contribution in [0.3, 0.4) is 0 Å². The van der Waals surface area contributed by atoms with Gasteiger partial charge in [-0.1, -0.05) is 18.2 Å². The lowest BCUT2D eigenvalue weighted by molar-refractivity contribution is -0.127. The molecule has 8 heteroatoms. The summed E-state index contributed by atoms with van der Waals surface area (Å²) in [5.41, 5.74) is 0.908. The van der Waals surface area contributed by atoms with Crippen molar-refractivity contribution in [2.45, 2.75) is 11.1 Å². The number of carbonyl (C=O) groups is 1. The Kier molecular flexibility index (Phi) is 6.30. The molecule has 0 atom stereocenters. The molecule has 0 bridgehead atoms. The van der Waals surface area contributed by atoms with Gasteiger partial charge in [0.05, 0.1) is 6.61 Å². The van der Waals surface area contributed by atoms with Crippen LogP contribution in [-0.4, -0.2) is 56.3 Å². The molecular weight excluding hydrogens is 384 g/mol. The highest BCUT2D eigenvalue weighted by atomic mass is 32.2. The van der Waals surface area contributed by atoms with Gasteiger partial charge >= 0.3 is 0 Å². The van der Waals surface area contributed by atoms with Crippen LogP contribution in [0.5, 0.6) is 5.75 Å². The number of nitrogens with zero attached hydrogens (tertiary/aromatic N) is 2. The summed E-state index contributed by atoms with van der Waals surface area (Å²) in [7, 11) is -3.45. The summed E-state index contributed by atoms with van der Waals surface area (Å²) in [6, 6.07) is 10.8. The minimum Gasteiger partial charge on any atom is -0.494 e. The number of hydrogen-bond acceptors (Lipinski definition) is 5. The molecule has 0 saturated carbocycles. The maximum absolute atomic E-state index is 12.5. The van der Waals surface area contributed by atoms with Crippen LogP contribution in [0.25, 0.3) is 6.08 Å². The van der Waals surface area contributed by atoms with Gasteiger partial charge < -0.3 is 9.64 Å². The SMILES string of the molecule is CCOc1ccc(/C=C/C(=O)N2CCN(S(=O)(=O)c3cccs3)CC2)cc1. The van der Waals surface area contributed by atoms with E-state index in [1.54, 1.807) is 28.5 Å². The monoisotopic (exact) mass is 406 g/mol. The van der Waals surface area contributed by atoms with Crippen molar-refractivity contribution in [3.8, 4) is 5.75 Å². The van der Waals surface area contributed by atoms with E-state index in [2.05, 4.69) is 0 Å². The Bertz CT molecular complexity index is 882. The molecule has 144 valence electrons. The smallest absolute Gasteiger partial charge is 0.252 e. The summed E-state index contributed by atoms with van der Waals surface area (Å²) in [5, 5.41) is 1.75. The largest absolute Gasteiger partial charge is 0.494 e. The Morgan fingerprint density at radius 2 is 1.85 bits per heavy atom. The maximum atomic E-state index is 12.5. The van der Waals surface area contributed by atoms with E-state index in [-0.39, 0.29) is 5.91 Å². The lowest BCUT2D eigenvalue weighted by atomic mass is 10.2. The highest BCUT2D eigenvalue weighted by Gasteiger charge is 2.30. The minimum absolute atomic E-state index is 0.114. The molecule has 0 unspecified atom stereocenters. The number of rotatable bonds is 6. The van der Waals surface area contributed by atoms with Crippen LogP contribution < -0.4 is 4.74 Å². The van der Waals surface area contributed by atoms with Gasteiger partial charge in [0, 0.05) is 32.3 Å². The zero-order valence-electron chi connectivity index (χ0n) is 15.1. The number of hydrogen-bond donors (Lipinski definition) is 0. The molecule has 0 N–H and O–H groups in total. The first-order chi connectivity index (χ1) is 13.0. The molecule has 2 heterocycles. The number of ether oxygens (including phenoxy) is 1. The number of sulfonamides is 1. The third-order valence-corrected chi connectivity index (χ3v) is 7.52. The lowest BCUT2D eigenvalue weighted by Gasteiger charge is -2.33. The summed E-state index contributed by atoms with van der Waals surface area (Å²) >= 11 is 1.21. The summed E-state index contributed by atoms with van der Waals surface area (Å²) in [4.78, 5) is 14.0. The van der Waals surface area contributed by atoms with Gasteiger partial charge in [-0.15, -0.1) is 11.3 Å². The minimum atomic E-state index is -3.45. The van der Waals surface area contributed by atoms with Crippen LogP contribution in [-0.2, 0) is 14.8 Å². The fraction of sp³-hybridized carbons (Fsp3) is 0.316. The molecule has 1 aromatic carbocycles. The molecule has 3 rings (SSSR count). The van der Waals surface area contributed by atoms with Gasteiger partial charge in [-0.05, 0) is 42.1 Å². The second-order valence-electron chi connectivity index (χ2n) is 6.00. The van der Waals surface area contributed by atoms with Crippen molar-refractivity contribution < 1.29 is 17.9 Å². The molecular formula is C19H22N2O4S2. The van der Waals surface area contributed by atoms with Crippen molar-refractivity contribution in [2.24, 2.45) is 0 Å². The summed E-state index contributed by atoms with van der Waals surface area (Å²) < 4.78 is 32.2. The first-order valence-electron chi connectivity index (χ1n) is 8.74. The highest BCUT2D eigenvalue weighted by Crippen LogP contribution is 2.22.